The van der Waals surface area contributed by atoms with Gasteiger partial charge in [0.2, 0.25) is 5.91 Å². The first-order valence-corrected chi connectivity index (χ1v) is 7.32. The zero-order valence-corrected chi connectivity index (χ0v) is 13.1. The molecule has 20 heavy (non-hydrogen) atoms. The maximum atomic E-state index is 11.4. The van der Waals surface area contributed by atoms with Crippen molar-refractivity contribution in [1.82, 2.24) is 4.90 Å². The Bertz CT molecular complexity index is 538. The number of hydrogen-bond acceptors (Lipinski definition) is 2. The first-order chi connectivity index (χ1) is 9.40. The van der Waals surface area contributed by atoms with Crippen LogP contribution in [0, 0.1) is 13.8 Å². The standard InChI is InChI=1S/C14H18ClN3OS/c1-8-6-9(2)12(10(15)7-8)17-14(20)18-5-3-4-11(18)13(16)19/h6-7,11H,3-5H2,1-2H3,(H2,16,19)(H,17,20)/t11-/m0/s1. The number of nitrogens with two attached hydrogens (primary N) is 1. The number of halogens is 1. The number of primary amides is 1. The van der Waals surface area contributed by atoms with Gasteiger partial charge in [0, 0.05) is 6.54 Å². The van der Waals surface area contributed by atoms with Gasteiger partial charge >= 0.3 is 0 Å². The van der Waals surface area contributed by atoms with E-state index in [-0.39, 0.29) is 11.9 Å². The summed E-state index contributed by atoms with van der Waals surface area (Å²) in [6.07, 6.45) is 1.66. The molecule has 1 saturated heterocycles. The number of amides is 1. The van der Waals surface area contributed by atoms with Gasteiger partial charge in [-0.1, -0.05) is 17.7 Å². The molecular weight excluding hydrogens is 294 g/mol. The summed E-state index contributed by atoms with van der Waals surface area (Å²) < 4.78 is 0. The summed E-state index contributed by atoms with van der Waals surface area (Å²) in [7, 11) is 0. The molecule has 108 valence electrons. The molecule has 0 saturated carbocycles. The molecule has 0 aromatic heterocycles. The molecule has 1 aromatic rings. The Balaban J connectivity index is 2.18. The van der Waals surface area contributed by atoms with Gasteiger partial charge < -0.3 is 16.0 Å². The van der Waals surface area contributed by atoms with Crippen LogP contribution in [0.2, 0.25) is 5.02 Å². The van der Waals surface area contributed by atoms with E-state index in [0.717, 1.165) is 36.2 Å². The summed E-state index contributed by atoms with van der Waals surface area (Å²) in [6, 6.07) is 3.60. The van der Waals surface area contributed by atoms with Crippen LogP contribution >= 0.6 is 23.8 Å². The van der Waals surface area contributed by atoms with Crippen molar-refractivity contribution in [1.29, 1.82) is 0 Å². The number of benzene rings is 1. The van der Waals surface area contributed by atoms with Crippen molar-refractivity contribution in [2.75, 3.05) is 11.9 Å². The zero-order valence-electron chi connectivity index (χ0n) is 11.6. The second-order valence-corrected chi connectivity index (χ2v) is 5.92. The molecule has 1 heterocycles. The molecule has 1 aliphatic rings. The predicted molar refractivity (Wildman–Crippen MR) is 86.1 cm³/mol. The zero-order chi connectivity index (χ0) is 14.9. The Kier molecular flexibility index (Phi) is 4.50. The van der Waals surface area contributed by atoms with Crippen LogP contribution in [-0.2, 0) is 4.79 Å². The van der Waals surface area contributed by atoms with E-state index in [9.17, 15) is 4.79 Å². The minimum atomic E-state index is -0.335. The van der Waals surface area contributed by atoms with E-state index in [1.165, 1.54) is 0 Å². The molecule has 1 aromatic carbocycles. The molecule has 1 atom stereocenters. The molecule has 6 heteroatoms. The Labute approximate surface area is 129 Å². The number of carbonyl (C=O) groups excluding carboxylic acids is 1. The van der Waals surface area contributed by atoms with Crippen molar-refractivity contribution < 1.29 is 4.79 Å². The Hall–Kier alpha value is -1.33. The lowest BCUT2D eigenvalue weighted by Gasteiger charge is -2.26. The van der Waals surface area contributed by atoms with Crippen molar-refractivity contribution in [3.8, 4) is 0 Å². The molecule has 0 unspecified atom stereocenters. The van der Waals surface area contributed by atoms with Crippen LogP contribution in [0.5, 0.6) is 0 Å². The maximum Gasteiger partial charge on any atom is 0.240 e. The highest BCUT2D eigenvalue weighted by atomic mass is 35.5. The molecule has 0 aliphatic carbocycles. The highest BCUT2D eigenvalue weighted by molar-refractivity contribution is 7.80. The third kappa shape index (κ3) is 3.04. The highest BCUT2D eigenvalue weighted by Crippen LogP contribution is 2.28. The van der Waals surface area contributed by atoms with E-state index in [4.69, 9.17) is 29.6 Å². The quantitative estimate of drug-likeness (QED) is 0.824. The van der Waals surface area contributed by atoms with Gasteiger partial charge in [-0.05, 0) is 56.1 Å². The third-order valence-electron chi connectivity index (χ3n) is 3.51. The van der Waals surface area contributed by atoms with Crippen LogP contribution in [0.1, 0.15) is 24.0 Å². The van der Waals surface area contributed by atoms with E-state index in [2.05, 4.69) is 5.32 Å². The van der Waals surface area contributed by atoms with Crippen molar-refractivity contribution in [2.24, 2.45) is 5.73 Å². The first-order valence-electron chi connectivity index (χ1n) is 6.54. The third-order valence-corrected chi connectivity index (χ3v) is 4.14. The first kappa shape index (κ1) is 15.1. The van der Waals surface area contributed by atoms with E-state index in [1.54, 1.807) is 0 Å². The number of nitrogens with one attached hydrogen (secondary N) is 1. The van der Waals surface area contributed by atoms with Crippen molar-refractivity contribution >= 4 is 40.5 Å². The number of aryl methyl sites for hydroxylation is 2. The SMILES string of the molecule is Cc1cc(C)c(NC(=S)N2CCC[C@H]2C(N)=O)c(Cl)c1. The Morgan fingerprint density at radius 2 is 2.20 bits per heavy atom. The number of rotatable bonds is 2. The molecule has 0 bridgehead atoms. The number of hydrogen-bond donors (Lipinski definition) is 2. The molecule has 4 nitrogen and oxygen atoms in total. The van der Waals surface area contributed by atoms with Gasteiger partial charge in [0.1, 0.15) is 6.04 Å². The van der Waals surface area contributed by atoms with E-state index >= 15 is 0 Å². The number of likely N-dealkylation sites (tertiary alicyclic amines) is 1. The number of thiocarbonyl (C=S) groups is 1. The fourth-order valence-corrected chi connectivity index (χ4v) is 3.25. The van der Waals surface area contributed by atoms with E-state index in [1.807, 2.05) is 30.9 Å². The Morgan fingerprint density at radius 1 is 1.50 bits per heavy atom. The summed E-state index contributed by atoms with van der Waals surface area (Å²) in [6.45, 7) is 4.70. The molecule has 0 spiro atoms. The van der Waals surface area contributed by atoms with Crippen LogP contribution in [0.25, 0.3) is 0 Å². The second-order valence-electron chi connectivity index (χ2n) is 5.12. The van der Waals surface area contributed by atoms with Gasteiger partial charge in [-0.15, -0.1) is 0 Å². The van der Waals surface area contributed by atoms with Gasteiger partial charge in [-0.3, -0.25) is 4.79 Å². The highest BCUT2D eigenvalue weighted by Gasteiger charge is 2.31. The molecule has 1 fully saturated rings. The lowest BCUT2D eigenvalue weighted by atomic mass is 10.1. The average Bonchev–Trinajstić information content (AvgIpc) is 2.82. The molecule has 3 N–H and O–H groups in total. The molecule has 1 amide bonds. The van der Waals surface area contributed by atoms with E-state index in [0.29, 0.717) is 10.1 Å². The number of carbonyl (C=O) groups is 1. The van der Waals surface area contributed by atoms with E-state index < -0.39 is 0 Å². The van der Waals surface area contributed by atoms with Gasteiger partial charge in [0.05, 0.1) is 10.7 Å². The fraction of sp³-hybridized carbons (Fsp3) is 0.429. The lowest BCUT2D eigenvalue weighted by molar-refractivity contribution is -0.121. The maximum absolute atomic E-state index is 11.4. The van der Waals surface area contributed by atoms with Gasteiger partial charge in [-0.25, -0.2) is 0 Å². The largest absolute Gasteiger partial charge is 0.368 e. The summed E-state index contributed by atoms with van der Waals surface area (Å²) in [5.41, 5.74) is 8.31. The minimum Gasteiger partial charge on any atom is -0.368 e. The van der Waals surface area contributed by atoms with Gasteiger partial charge in [-0.2, -0.15) is 0 Å². The summed E-state index contributed by atoms with van der Waals surface area (Å²) in [5.74, 6) is -0.335. The van der Waals surface area contributed by atoms with Crippen LogP contribution < -0.4 is 11.1 Å². The average molecular weight is 312 g/mol. The predicted octanol–water partition coefficient (Wildman–Crippen LogP) is 2.60. The summed E-state index contributed by atoms with van der Waals surface area (Å²) in [4.78, 5) is 13.3. The molecule has 1 aliphatic heterocycles. The van der Waals surface area contributed by atoms with Crippen LogP contribution in [0.15, 0.2) is 12.1 Å². The van der Waals surface area contributed by atoms with Crippen molar-refractivity contribution in [3.63, 3.8) is 0 Å². The Morgan fingerprint density at radius 3 is 2.80 bits per heavy atom. The summed E-state index contributed by atoms with van der Waals surface area (Å²) >= 11 is 11.6. The van der Waals surface area contributed by atoms with Crippen molar-refractivity contribution in [2.45, 2.75) is 32.7 Å². The molecular formula is C14H18ClN3OS. The summed E-state index contributed by atoms with van der Waals surface area (Å²) in [5, 5.41) is 4.27. The lowest BCUT2D eigenvalue weighted by Crippen LogP contribution is -2.45. The molecule has 0 radical (unpaired) electrons. The number of anilines is 1. The van der Waals surface area contributed by atoms with Crippen LogP contribution in [0.4, 0.5) is 5.69 Å². The second kappa shape index (κ2) is 5.97. The minimum absolute atomic E-state index is 0.320. The van der Waals surface area contributed by atoms with Gasteiger partial charge in [0.15, 0.2) is 5.11 Å². The smallest absolute Gasteiger partial charge is 0.240 e. The fourth-order valence-electron chi connectivity index (χ4n) is 2.56. The number of nitrogens with zero attached hydrogens (tertiary/aromatic N) is 1. The topological polar surface area (TPSA) is 58.4 Å². The monoisotopic (exact) mass is 311 g/mol. The van der Waals surface area contributed by atoms with Gasteiger partial charge in [0.25, 0.3) is 0 Å². The van der Waals surface area contributed by atoms with Crippen LogP contribution in [-0.4, -0.2) is 28.5 Å². The normalized spacial score (nSPS) is 18.1. The van der Waals surface area contributed by atoms with Crippen LogP contribution in [0.3, 0.4) is 0 Å². The van der Waals surface area contributed by atoms with Crippen molar-refractivity contribution in [3.05, 3.63) is 28.3 Å². The molecule has 2 rings (SSSR count).